The van der Waals surface area contributed by atoms with Gasteiger partial charge in [-0.3, -0.25) is 0 Å². The van der Waals surface area contributed by atoms with Gasteiger partial charge in [0.2, 0.25) is 0 Å². The second kappa shape index (κ2) is 5.66. The lowest BCUT2D eigenvalue weighted by atomic mass is 9.56. The molecular weight excluding hydrogens is 401 g/mol. The number of methoxy groups -OCH3 is 1. The Kier molecular flexibility index (Phi) is 4.20. The number of piperidine rings is 1. The molecule has 0 aromatic heterocycles. The molecule has 1 heterocycles. The van der Waals surface area contributed by atoms with Crippen molar-refractivity contribution < 1.29 is 38.3 Å². The fourth-order valence-electron chi connectivity index (χ4n) is 5.18. The molecule has 0 amide bonds. The largest absolute Gasteiger partial charge is 1.00 e. The number of rotatable bonds is 1. The zero-order valence-corrected chi connectivity index (χ0v) is 16.4. The van der Waals surface area contributed by atoms with Gasteiger partial charge in [-0.05, 0) is 36.5 Å². The number of likely N-dealkylation sites (N-methyl/N-ethyl adjacent to an activating group) is 1. The van der Waals surface area contributed by atoms with Gasteiger partial charge in [-0.2, -0.15) is 0 Å². The predicted octanol–water partition coefficient (Wildman–Crippen LogP) is 0.158. The SMILES string of the molecule is COc1ccc2c(c1O)[C@@]13CCCC=C1[C@H](C2)[N+](C)(C)CC3.[I-]. The van der Waals surface area contributed by atoms with Crippen molar-refractivity contribution in [1.29, 1.82) is 0 Å². The second-order valence-corrected chi connectivity index (χ2v) is 7.76. The molecule has 1 fully saturated rings. The highest BCUT2D eigenvalue weighted by Crippen LogP contribution is 2.58. The number of allylic oxidation sites excluding steroid dienone is 1. The van der Waals surface area contributed by atoms with Crippen molar-refractivity contribution in [2.75, 3.05) is 27.7 Å². The van der Waals surface area contributed by atoms with Crippen LogP contribution in [0.2, 0.25) is 0 Å². The van der Waals surface area contributed by atoms with Crippen LogP contribution in [0.1, 0.15) is 36.8 Å². The van der Waals surface area contributed by atoms with Gasteiger partial charge in [0, 0.05) is 23.8 Å². The van der Waals surface area contributed by atoms with E-state index in [1.54, 1.807) is 12.7 Å². The van der Waals surface area contributed by atoms with Crippen LogP contribution >= 0.6 is 0 Å². The molecule has 1 N–H and O–H groups in total. The average molecular weight is 427 g/mol. The van der Waals surface area contributed by atoms with E-state index in [2.05, 4.69) is 26.2 Å². The summed E-state index contributed by atoms with van der Waals surface area (Å²) < 4.78 is 6.46. The molecule has 0 saturated carbocycles. The third kappa shape index (κ3) is 2.24. The first-order chi connectivity index (χ1) is 10.5. The Balaban J connectivity index is 0.00000156. The number of fused-ring (bicyclic) bond motifs is 1. The van der Waals surface area contributed by atoms with Crippen LogP contribution < -0.4 is 28.7 Å². The van der Waals surface area contributed by atoms with Gasteiger partial charge >= 0.3 is 0 Å². The quantitative estimate of drug-likeness (QED) is 0.393. The number of phenols is 1. The van der Waals surface area contributed by atoms with Crippen molar-refractivity contribution in [3.05, 3.63) is 34.9 Å². The molecule has 2 bridgehead atoms. The van der Waals surface area contributed by atoms with Crippen LogP contribution in [0.15, 0.2) is 23.8 Å². The lowest BCUT2D eigenvalue weighted by Crippen LogP contribution is -3.00. The Bertz CT molecular complexity index is 668. The number of benzene rings is 1. The molecule has 1 aromatic carbocycles. The Morgan fingerprint density at radius 3 is 2.78 bits per heavy atom. The van der Waals surface area contributed by atoms with Crippen molar-refractivity contribution in [3.8, 4) is 11.5 Å². The summed E-state index contributed by atoms with van der Waals surface area (Å²) in [6.45, 7) is 1.18. The number of halogens is 1. The van der Waals surface area contributed by atoms with Crippen LogP contribution in [0.3, 0.4) is 0 Å². The van der Waals surface area contributed by atoms with Crippen molar-refractivity contribution in [2.24, 2.45) is 0 Å². The molecule has 1 saturated heterocycles. The monoisotopic (exact) mass is 427 g/mol. The maximum absolute atomic E-state index is 10.9. The van der Waals surface area contributed by atoms with E-state index in [-0.39, 0.29) is 29.4 Å². The number of nitrogens with zero attached hydrogens (tertiary/aromatic N) is 1. The first kappa shape index (κ1) is 17.1. The highest BCUT2D eigenvalue weighted by molar-refractivity contribution is 5.60. The lowest BCUT2D eigenvalue weighted by Gasteiger charge is -2.56. The molecule has 3 nitrogen and oxygen atoms in total. The van der Waals surface area contributed by atoms with Gasteiger partial charge in [0.25, 0.3) is 0 Å². The summed E-state index contributed by atoms with van der Waals surface area (Å²) in [4.78, 5) is 0. The van der Waals surface area contributed by atoms with Gasteiger partial charge < -0.3 is 38.3 Å². The molecule has 2 atom stereocenters. The van der Waals surface area contributed by atoms with Crippen LogP contribution in [-0.2, 0) is 11.8 Å². The van der Waals surface area contributed by atoms with Gasteiger partial charge in [-0.1, -0.05) is 12.1 Å². The molecule has 4 rings (SSSR count). The van der Waals surface area contributed by atoms with Crippen molar-refractivity contribution in [2.45, 2.75) is 43.6 Å². The van der Waals surface area contributed by atoms with Gasteiger partial charge in [0.1, 0.15) is 6.04 Å². The first-order valence-electron chi connectivity index (χ1n) is 8.42. The first-order valence-corrected chi connectivity index (χ1v) is 8.42. The van der Waals surface area contributed by atoms with E-state index in [1.807, 2.05) is 6.07 Å². The van der Waals surface area contributed by atoms with E-state index in [0.29, 0.717) is 17.5 Å². The molecule has 23 heavy (non-hydrogen) atoms. The Hall–Kier alpha value is -0.750. The minimum absolute atomic E-state index is 0. The molecule has 3 aliphatic rings. The summed E-state index contributed by atoms with van der Waals surface area (Å²) in [5, 5.41) is 10.9. The van der Waals surface area contributed by atoms with Crippen LogP contribution in [0.4, 0.5) is 0 Å². The number of hydrogen-bond acceptors (Lipinski definition) is 2. The molecule has 0 radical (unpaired) electrons. The normalized spacial score (nSPS) is 30.4. The van der Waals surface area contributed by atoms with E-state index in [9.17, 15) is 5.11 Å². The fraction of sp³-hybridized carbons (Fsp3) is 0.579. The molecule has 0 unspecified atom stereocenters. The van der Waals surface area contributed by atoms with Crippen LogP contribution in [-0.4, -0.2) is 43.4 Å². The predicted molar refractivity (Wildman–Crippen MR) is 87.4 cm³/mol. The third-order valence-electron chi connectivity index (χ3n) is 6.38. The highest BCUT2D eigenvalue weighted by atomic mass is 127. The van der Waals surface area contributed by atoms with E-state index in [4.69, 9.17) is 4.74 Å². The van der Waals surface area contributed by atoms with Gasteiger partial charge in [-0.15, -0.1) is 0 Å². The van der Waals surface area contributed by atoms with Crippen molar-refractivity contribution in [3.63, 3.8) is 0 Å². The van der Waals surface area contributed by atoms with E-state index in [0.717, 1.165) is 17.3 Å². The second-order valence-electron chi connectivity index (χ2n) is 7.76. The summed E-state index contributed by atoms with van der Waals surface area (Å²) in [6, 6.07) is 4.67. The fourth-order valence-corrected chi connectivity index (χ4v) is 5.18. The van der Waals surface area contributed by atoms with Crippen molar-refractivity contribution >= 4 is 0 Å². The third-order valence-corrected chi connectivity index (χ3v) is 6.38. The molecular formula is C19H26INO2. The minimum Gasteiger partial charge on any atom is -1.00 e. The van der Waals surface area contributed by atoms with Crippen LogP contribution in [0.25, 0.3) is 0 Å². The van der Waals surface area contributed by atoms with E-state index in [1.165, 1.54) is 36.9 Å². The summed E-state index contributed by atoms with van der Waals surface area (Å²) in [7, 11) is 6.36. The van der Waals surface area contributed by atoms with Crippen LogP contribution in [0.5, 0.6) is 11.5 Å². The smallest absolute Gasteiger partial charge is 0.162 e. The van der Waals surface area contributed by atoms with E-state index >= 15 is 0 Å². The zero-order chi connectivity index (χ0) is 15.5. The zero-order valence-electron chi connectivity index (χ0n) is 14.2. The van der Waals surface area contributed by atoms with Gasteiger partial charge in [0.05, 0.1) is 27.7 Å². The van der Waals surface area contributed by atoms with Gasteiger partial charge in [0.15, 0.2) is 11.5 Å². The number of quaternary nitrogens is 1. The van der Waals surface area contributed by atoms with E-state index < -0.39 is 0 Å². The van der Waals surface area contributed by atoms with Crippen molar-refractivity contribution in [1.82, 2.24) is 0 Å². The maximum Gasteiger partial charge on any atom is 0.162 e. The molecule has 1 aromatic rings. The average Bonchev–Trinajstić information content (AvgIpc) is 2.51. The molecule has 0 spiro atoms. The molecule has 1 aliphatic heterocycles. The number of phenolic OH excluding ortho intramolecular Hbond substituents is 1. The summed E-state index contributed by atoms with van der Waals surface area (Å²) in [6.07, 6.45) is 8.23. The van der Waals surface area contributed by atoms with Crippen LogP contribution in [0, 0.1) is 0 Å². The molecule has 126 valence electrons. The topological polar surface area (TPSA) is 29.5 Å². The highest BCUT2D eigenvalue weighted by Gasteiger charge is 2.55. The Morgan fingerprint density at radius 1 is 1.26 bits per heavy atom. The number of aromatic hydroxyl groups is 1. The Morgan fingerprint density at radius 2 is 2.04 bits per heavy atom. The summed E-state index contributed by atoms with van der Waals surface area (Å²) in [5.41, 5.74) is 4.15. The lowest BCUT2D eigenvalue weighted by molar-refractivity contribution is -0.915. The molecule has 2 aliphatic carbocycles. The Labute approximate surface area is 155 Å². The standard InChI is InChI=1S/C19H25NO2.HI/c1-20(2)11-10-19-9-5-4-6-14(19)15(20)12-13-7-8-16(22-3)18(21)17(13)19;/h6-8,15H,4-5,9-12H2,1-3H3;1H/t15-,19+;/m0./s1. The number of likely N-dealkylation sites (tertiary alicyclic amines) is 1. The number of hydrogen-bond donors (Lipinski definition) is 1. The molecule has 4 heteroatoms. The van der Waals surface area contributed by atoms with Gasteiger partial charge in [-0.25, -0.2) is 0 Å². The minimum atomic E-state index is 0. The maximum atomic E-state index is 10.9. The summed E-state index contributed by atoms with van der Waals surface area (Å²) >= 11 is 0. The summed E-state index contributed by atoms with van der Waals surface area (Å²) in [5.74, 6) is 1.01. The number of ether oxygens (including phenoxy) is 1.